The summed E-state index contributed by atoms with van der Waals surface area (Å²) in [5.74, 6) is -0.172. The first-order valence-electron chi connectivity index (χ1n) is 5.12. The van der Waals surface area contributed by atoms with E-state index in [9.17, 15) is 9.59 Å². The van der Waals surface area contributed by atoms with Crippen molar-refractivity contribution in [1.29, 1.82) is 0 Å². The third-order valence-electron chi connectivity index (χ3n) is 1.63. The first-order valence-corrected chi connectivity index (χ1v) is 6.28. The van der Waals surface area contributed by atoms with Crippen molar-refractivity contribution in [2.24, 2.45) is 5.92 Å². The molecule has 0 radical (unpaired) electrons. The molecule has 16 heavy (non-hydrogen) atoms. The number of aliphatic hydroxyl groups excluding tert-OH is 1. The van der Waals surface area contributed by atoms with Crippen molar-refractivity contribution in [3.63, 3.8) is 0 Å². The number of rotatable bonds is 8. The van der Waals surface area contributed by atoms with Gasteiger partial charge in [0.05, 0.1) is 24.9 Å². The van der Waals surface area contributed by atoms with Crippen molar-refractivity contribution in [1.82, 2.24) is 0 Å². The predicted octanol–water partition coefficient (Wildman–Crippen LogP) is 0.454. The lowest BCUT2D eigenvalue weighted by Gasteiger charge is -2.09. The van der Waals surface area contributed by atoms with Crippen molar-refractivity contribution in [3.8, 4) is 0 Å². The Morgan fingerprint density at radius 1 is 1.38 bits per heavy atom. The van der Waals surface area contributed by atoms with E-state index >= 15 is 0 Å². The zero-order chi connectivity index (χ0) is 12.4. The van der Waals surface area contributed by atoms with Gasteiger partial charge in [0, 0.05) is 5.75 Å². The van der Waals surface area contributed by atoms with Crippen LogP contribution in [-0.4, -0.2) is 48.4 Å². The van der Waals surface area contributed by atoms with E-state index in [1.54, 1.807) is 13.8 Å². The van der Waals surface area contributed by atoms with Gasteiger partial charge in [0.1, 0.15) is 6.61 Å². The van der Waals surface area contributed by atoms with Crippen LogP contribution in [0.2, 0.25) is 0 Å². The molecule has 0 fully saturated rings. The Kier molecular flexibility index (Phi) is 9.03. The second-order valence-electron chi connectivity index (χ2n) is 3.11. The van der Waals surface area contributed by atoms with Gasteiger partial charge in [0.2, 0.25) is 0 Å². The molecule has 94 valence electrons. The maximum atomic E-state index is 11.2. The molecule has 6 heteroatoms. The molecule has 0 heterocycles. The van der Waals surface area contributed by atoms with Crippen molar-refractivity contribution < 1.29 is 24.2 Å². The van der Waals surface area contributed by atoms with Gasteiger partial charge in [0.15, 0.2) is 0 Å². The molecule has 1 N–H and O–H groups in total. The first kappa shape index (κ1) is 15.2. The minimum atomic E-state index is -0.356. The third-order valence-corrected chi connectivity index (χ3v) is 2.81. The van der Waals surface area contributed by atoms with Crippen LogP contribution in [0.5, 0.6) is 0 Å². The fourth-order valence-electron chi connectivity index (χ4n) is 0.878. The molecular weight excluding hydrogens is 232 g/mol. The lowest BCUT2D eigenvalue weighted by atomic mass is 10.2. The van der Waals surface area contributed by atoms with Crippen LogP contribution in [0, 0.1) is 5.92 Å². The SMILES string of the molecule is CCOC(=O)CSCC(C)C(=O)OCCO. The molecule has 0 rings (SSSR count). The predicted molar refractivity (Wildman–Crippen MR) is 61.2 cm³/mol. The molecule has 0 spiro atoms. The van der Waals surface area contributed by atoms with Crippen LogP contribution in [0.25, 0.3) is 0 Å². The van der Waals surface area contributed by atoms with Crippen molar-refractivity contribution in [2.75, 3.05) is 31.3 Å². The van der Waals surface area contributed by atoms with Crippen LogP contribution in [0.3, 0.4) is 0 Å². The van der Waals surface area contributed by atoms with Crippen LogP contribution in [-0.2, 0) is 19.1 Å². The fourth-order valence-corrected chi connectivity index (χ4v) is 1.74. The smallest absolute Gasteiger partial charge is 0.315 e. The van der Waals surface area contributed by atoms with Crippen LogP contribution in [0.4, 0.5) is 0 Å². The minimum absolute atomic E-state index is 0.0196. The van der Waals surface area contributed by atoms with Gasteiger partial charge in [0.25, 0.3) is 0 Å². The monoisotopic (exact) mass is 250 g/mol. The van der Waals surface area contributed by atoms with E-state index in [4.69, 9.17) is 14.6 Å². The molecule has 0 bridgehead atoms. The second kappa shape index (κ2) is 9.47. The van der Waals surface area contributed by atoms with Gasteiger partial charge < -0.3 is 14.6 Å². The van der Waals surface area contributed by atoms with Crippen LogP contribution in [0.1, 0.15) is 13.8 Å². The highest BCUT2D eigenvalue weighted by Crippen LogP contribution is 2.10. The van der Waals surface area contributed by atoms with Crippen LogP contribution < -0.4 is 0 Å². The van der Waals surface area contributed by atoms with Gasteiger partial charge in [-0.05, 0) is 6.92 Å². The number of carbonyl (C=O) groups excluding carboxylic acids is 2. The normalized spacial score (nSPS) is 11.9. The van der Waals surface area contributed by atoms with Gasteiger partial charge in [-0.25, -0.2) is 0 Å². The minimum Gasteiger partial charge on any atom is -0.465 e. The van der Waals surface area contributed by atoms with E-state index in [0.29, 0.717) is 12.4 Å². The molecular formula is C10H18O5S. The van der Waals surface area contributed by atoms with E-state index in [2.05, 4.69) is 0 Å². The molecule has 0 aromatic heterocycles. The Labute approximate surface area is 99.5 Å². The number of ether oxygens (including phenoxy) is 2. The number of carbonyl (C=O) groups is 2. The first-order chi connectivity index (χ1) is 7.61. The number of aliphatic hydroxyl groups is 1. The van der Waals surface area contributed by atoms with Gasteiger partial charge in [-0.3, -0.25) is 9.59 Å². The number of thioether (sulfide) groups is 1. The quantitative estimate of drug-likeness (QED) is 0.631. The maximum Gasteiger partial charge on any atom is 0.315 e. The molecule has 0 aromatic rings. The van der Waals surface area contributed by atoms with E-state index in [1.807, 2.05) is 0 Å². The van der Waals surface area contributed by atoms with E-state index in [0.717, 1.165) is 0 Å². The summed E-state index contributed by atoms with van der Waals surface area (Å²) < 4.78 is 9.48. The van der Waals surface area contributed by atoms with Gasteiger partial charge >= 0.3 is 11.9 Å². The highest BCUT2D eigenvalue weighted by molar-refractivity contribution is 7.99. The average molecular weight is 250 g/mol. The lowest BCUT2D eigenvalue weighted by Crippen LogP contribution is -2.19. The van der Waals surface area contributed by atoms with Crippen molar-refractivity contribution >= 4 is 23.7 Å². The van der Waals surface area contributed by atoms with E-state index in [1.165, 1.54) is 11.8 Å². The molecule has 5 nitrogen and oxygen atoms in total. The molecule has 0 aliphatic rings. The van der Waals surface area contributed by atoms with Gasteiger partial charge in [-0.2, -0.15) is 0 Å². The number of hydrogen-bond acceptors (Lipinski definition) is 6. The Bertz CT molecular complexity index is 219. The molecule has 1 atom stereocenters. The summed E-state index contributed by atoms with van der Waals surface area (Å²) in [5.41, 5.74) is 0. The van der Waals surface area contributed by atoms with E-state index < -0.39 is 0 Å². The molecule has 0 aromatic carbocycles. The van der Waals surface area contributed by atoms with Gasteiger partial charge in [-0.1, -0.05) is 6.92 Å². The Morgan fingerprint density at radius 2 is 2.06 bits per heavy atom. The van der Waals surface area contributed by atoms with Crippen molar-refractivity contribution in [2.45, 2.75) is 13.8 Å². The summed E-state index contributed by atoms with van der Waals surface area (Å²) in [6.07, 6.45) is 0. The maximum absolute atomic E-state index is 11.2. The summed E-state index contributed by atoms with van der Waals surface area (Å²) in [4.78, 5) is 22.2. The summed E-state index contributed by atoms with van der Waals surface area (Å²) in [5, 5.41) is 8.46. The zero-order valence-electron chi connectivity index (χ0n) is 9.60. The average Bonchev–Trinajstić information content (AvgIpc) is 2.26. The van der Waals surface area contributed by atoms with Crippen LogP contribution in [0.15, 0.2) is 0 Å². The molecule has 0 aliphatic carbocycles. The molecule has 0 saturated carbocycles. The van der Waals surface area contributed by atoms with Crippen LogP contribution >= 0.6 is 11.8 Å². The summed E-state index contributed by atoms with van der Waals surface area (Å²) in [7, 11) is 0. The molecule has 1 unspecified atom stereocenters. The molecule has 0 amide bonds. The zero-order valence-corrected chi connectivity index (χ0v) is 10.4. The van der Waals surface area contributed by atoms with E-state index in [-0.39, 0.29) is 36.8 Å². The summed E-state index contributed by atoms with van der Waals surface area (Å²) in [6, 6.07) is 0. The summed E-state index contributed by atoms with van der Waals surface area (Å²) >= 11 is 1.33. The highest BCUT2D eigenvalue weighted by Gasteiger charge is 2.15. The van der Waals surface area contributed by atoms with Crippen molar-refractivity contribution in [3.05, 3.63) is 0 Å². The van der Waals surface area contributed by atoms with Gasteiger partial charge in [-0.15, -0.1) is 11.8 Å². The fraction of sp³-hybridized carbons (Fsp3) is 0.800. The number of esters is 2. The number of hydrogen-bond donors (Lipinski definition) is 1. The Balaban J connectivity index is 3.60. The Morgan fingerprint density at radius 3 is 2.62 bits per heavy atom. The Hall–Kier alpha value is -0.750. The highest BCUT2D eigenvalue weighted by atomic mass is 32.2. The largest absolute Gasteiger partial charge is 0.465 e. The second-order valence-corrected chi connectivity index (χ2v) is 4.14. The summed E-state index contributed by atoms with van der Waals surface area (Å²) in [6.45, 7) is 3.68. The topological polar surface area (TPSA) is 72.8 Å². The standard InChI is InChI=1S/C10H18O5S/c1-3-14-9(12)7-16-6-8(2)10(13)15-5-4-11/h8,11H,3-7H2,1-2H3. The molecule has 0 aliphatic heterocycles. The third kappa shape index (κ3) is 7.53. The lowest BCUT2D eigenvalue weighted by molar-refractivity contribution is -0.148. The molecule has 0 saturated heterocycles.